The second-order valence-corrected chi connectivity index (χ2v) is 9.98. The highest BCUT2D eigenvalue weighted by atomic mass is 32.1. The van der Waals surface area contributed by atoms with Crippen LogP contribution in [0.2, 0.25) is 0 Å². The van der Waals surface area contributed by atoms with E-state index in [1.807, 2.05) is 4.90 Å². The second-order valence-electron chi connectivity index (χ2n) is 8.85. The number of carbonyl (C=O) groups is 2. The Morgan fingerprint density at radius 3 is 2.60 bits per heavy atom. The van der Waals surface area contributed by atoms with Crippen LogP contribution in [-0.4, -0.2) is 29.3 Å². The number of amides is 2. The molecule has 1 aliphatic heterocycles. The summed E-state index contributed by atoms with van der Waals surface area (Å²) in [7, 11) is 0. The molecule has 2 aliphatic rings. The minimum Gasteiger partial charge on any atom is -0.369 e. The van der Waals surface area contributed by atoms with Gasteiger partial charge in [-0.05, 0) is 62.0 Å². The molecule has 138 valence electrons. The minimum atomic E-state index is -0.289. The first-order valence-corrected chi connectivity index (χ1v) is 10.2. The number of hydrogen-bond donors (Lipinski definition) is 1. The third-order valence-corrected chi connectivity index (χ3v) is 7.29. The van der Waals surface area contributed by atoms with Crippen molar-refractivity contribution in [2.75, 3.05) is 6.54 Å². The Bertz CT molecular complexity index is 674. The van der Waals surface area contributed by atoms with E-state index in [0.717, 1.165) is 30.6 Å². The Morgan fingerprint density at radius 1 is 1.24 bits per heavy atom. The van der Waals surface area contributed by atoms with Gasteiger partial charge in [0.2, 0.25) is 5.91 Å². The van der Waals surface area contributed by atoms with Gasteiger partial charge in [0.1, 0.15) is 0 Å². The van der Waals surface area contributed by atoms with Gasteiger partial charge in [-0.15, -0.1) is 11.3 Å². The molecule has 2 N–H and O–H groups in total. The van der Waals surface area contributed by atoms with E-state index >= 15 is 0 Å². The molecule has 0 aromatic carbocycles. The number of aryl methyl sites for hydroxylation is 1. The molecule has 0 radical (unpaired) electrons. The molecule has 0 bridgehead atoms. The molecule has 2 heterocycles. The summed E-state index contributed by atoms with van der Waals surface area (Å²) < 4.78 is 0. The largest absolute Gasteiger partial charge is 0.369 e. The van der Waals surface area contributed by atoms with E-state index in [-0.39, 0.29) is 23.8 Å². The van der Waals surface area contributed by atoms with Crippen LogP contribution in [0, 0.1) is 17.3 Å². The second kappa shape index (κ2) is 6.75. The molecule has 3 rings (SSSR count). The van der Waals surface area contributed by atoms with Crippen LogP contribution in [0.5, 0.6) is 0 Å². The summed E-state index contributed by atoms with van der Waals surface area (Å²) in [6, 6.07) is 2.28. The van der Waals surface area contributed by atoms with Crippen LogP contribution in [0.4, 0.5) is 0 Å². The third-order valence-electron chi connectivity index (χ3n) is 6.06. The van der Waals surface area contributed by atoms with Crippen LogP contribution in [0.15, 0.2) is 6.07 Å². The van der Waals surface area contributed by atoms with E-state index in [1.165, 1.54) is 16.9 Å². The molecule has 0 saturated carbocycles. The fourth-order valence-electron chi connectivity index (χ4n) is 4.13. The minimum absolute atomic E-state index is 0.0742. The van der Waals surface area contributed by atoms with Gasteiger partial charge in [-0.1, -0.05) is 20.8 Å². The molecule has 0 spiro atoms. The quantitative estimate of drug-likeness (QED) is 0.873. The molecule has 2 amide bonds. The number of likely N-dealkylation sites (tertiary alicyclic amines) is 1. The zero-order valence-corrected chi connectivity index (χ0v) is 16.6. The molecule has 3 unspecified atom stereocenters. The summed E-state index contributed by atoms with van der Waals surface area (Å²) in [4.78, 5) is 28.7. The Labute approximate surface area is 154 Å². The lowest BCUT2D eigenvalue weighted by molar-refractivity contribution is -0.123. The maximum atomic E-state index is 13.1. The number of nitrogens with zero attached hydrogens (tertiary/aromatic N) is 1. The first-order chi connectivity index (χ1) is 11.7. The molecule has 4 nitrogen and oxygen atoms in total. The van der Waals surface area contributed by atoms with E-state index in [0.29, 0.717) is 17.9 Å². The molecule has 1 aliphatic carbocycles. The number of fused-ring (bicyclic) bond motifs is 1. The lowest BCUT2D eigenvalue weighted by Crippen LogP contribution is -2.48. The maximum absolute atomic E-state index is 13.1. The Hall–Kier alpha value is -1.36. The van der Waals surface area contributed by atoms with Crippen LogP contribution in [0.1, 0.15) is 67.1 Å². The molecular weight excluding hydrogens is 332 g/mol. The molecule has 5 heteroatoms. The summed E-state index contributed by atoms with van der Waals surface area (Å²) in [5.41, 5.74) is 7.14. The van der Waals surface area contributed by atoms with E-state index in [9.17, 15) is 9.59 Å². The van der Waals surface area contributed by atoms with Crippen molar-refractivity contribution in [1.29, 1.82) is 0 Å². The molecule has 1 saturated heterocycles. The average Bonchev–Trinajstić information content (AvgIpc) is 2.96. The Morgan fingerprint density at radius 2 is 1.96 bits per heavy atom. The van der Waals surface area contributed by atoms with Crippen LogP contribution < -0.4 is 5.73 Å². The maximum Gasteiger partial charge on any atom is 0.264 e. The zero-order chi connectivity index (χ0) is 18.4. The number of carbonyl (C=O) groups excluding carboxylic acids is 2. The van der Waals surface area contributed by atoms with Crippen LogP contribution in [-0.2, 0) is 17.6 Å². The fraction of sp³-hybridized carbons (Fsp3) is 0.700. The van der Waals surface area contributed by atoms with E-state index in [1.54, 1.807) is 11.3 Å². The van der Waals surface area contributed by atoms with Gasteiger partial charge in [-0.25, -0.2) is 0 Å². The number of piperidine rings is 1. The summed E-state index contributed by atoms with van der Waals surface area (Å²) in [6.07, 6.45) is 4.98. The number of hydrogen-bond acceptors (Lipinski definition) is 3. The molecule has 1 fully saturated rings. The van der Waals surface area contributed by atoms with Gasteiger partial charge < -0.3 is 10.6 Å². The Kier molecular flexibility index (Phi) is 4.97. The molecule has 1 aromatic rings. The van der Waals surface area contributed by atoms with Crippen molar-refractivity contribution in [1.82, 2.24) is 4.90 Å². The summed E-state index contributed by atoms with van der Waals surface area (Å²) >= 11 is 1.65. The molecule has 1 aromatic heterocycles. The van der Waals surface area contributed by atoms with Crippen molar-refractivity contribution < 1.29 is 9.59 Å². The molecule has 25 heavy (non-hydrogen) atoms. The highest BCUT2D eigenvalue weighted by molar-refractivity contribution is 7.14. The van der Waals surface area contributed by atoms with Gasteiger partial charge in [0.25, 0.3) is 5.91 Å². The number of thiophene rings is 1. The summed E-state index contributed by atoms with van der Waals surface area (Å²) in [5.74, 6) is 0.249. The zero-order valence-electron chi connectivity index (χ0n) is 15.8. The van der Waals surface area contributed by atoms with Gasteiger partial charge in [0.05, 0.1) is 10.8 Å². The van der Waals surface area contributed by atoms with Crippen LogP contribution >= 0.6 is 11.3 Å². The first-order valence-electron chi connectivity index (χ1n) is 9.38. The predicted molar refractivity (Wildman–Crippen MR) is 102 cm³/mol. The van der Waals surface area contributed by atoms with Gasteiger partial charge in [0.15, 0.2) is 0 Å². The van der Waals surface area contributed by atoms with Gasteiger partial charge in [-0.3, -0.25) is 9.59 Å². The lowest BCUT2D eigenvalue weighted by atomic mass is 9.72. The van der Waals surface area contributed by atoms with E-state index in [4.69, 9.17) is 5.73 Å². The van der Waals surface area contributed by atoms with Crippen molar-refractivity contribution in [3.05, 3.63) is 21.4 Å². The monoisotopic (exact) mass is 362 g/mol. The predicted octanol–water partition coefficient (Wildman–Crippen LogP) is 3.63. The SMILES string of the molecule is CC1CCC(C(N)=O)CN1C(=O)c1cc2c(s1)CCC(C(C)(C)C)C2. The van der Waals surface area contributed by atoms with E-state index in [2.05, 4.69) is 33.8 Å². The standard InChI is InChI=1S/C20H30N2O2S/c1-12-5-6-13(18(21)23)11-22(12)19(24)17-10-14-9-15(20(2,3)4)7-8-16(14)25-17/h10,12-13,15H,5-9,11H2,1-4H3,(H2,21,23). The topological polar surface area (TPSA) is 63.4 Å². The van der Waals surface area contributed by atoms with Crippen molar-refractivity contribution in [2.45, 2.75) is 65.8 Å². The highest BCUT2D eigenvalue weighted by Crippen LogP contribution is 2.40. The highest BCUT2D eigenvalue weighted by Gasteiger charge is 2.34. The van der Waals surface area contributed by atoms with Gasteiger partial charge >= 0.3 is 0 Å². The van der Waals surface area contributed by atoms with Crippen molar-refractivity contribution in [3.8, 4) is 0 Å². The Balaban J connectivity index is 1.78. The molecular formula is C20H30N2O2S. The molecule has 3 atom stereocenters. The number of rotatable bonds is 2. The van der Waals surface area contributed by atoms with Crippen molar-refractivity contribution in [2.24, 2.45) is 23.0 Å². The van der Waals surface area contributed by atoms with Crippen LogP contribution in [0.3, 0.4) is 0 Å². The number of nitrogens with two attached hydrogens (primary N) is 1. The normalized spacial score (nSPS) is 27.0. The first kappa shape index (κ1) is 18.4. The summed E-state index contributed by atoms with van der Waals surface area (Å²) in [6.45, 7) is 9.45. The average molecular weight is 363 g/mol. The smallest absolute Gasteiger partial charge is 0.264 e. The van der Waals surface area contributed by atoms with Crippen molar-refractivity contribution >= 4 is 23.2 Å². The van der Waals surface area contributed by atoms with Crippen LogP contribution in [0.25, 0.3) is 0 Å². The summed E-state index contributed by atoms with van der Waals surface area (Å²) in [5, 5.41) is 0. The van der Waals surface area contributed by atoms with Crippen molar-refractivity contribution in [3.63, 3.8) is 0 Å². The fourth-order valence-corrected chi connectivity index (χ4v) is 5.30. The van der Waals surface area contributed by atoms with Gasteiger partial charge in [-0.2, -0.15) is 0 Å². The third kappa shape index (κ3) is 3.76. The van der Waals surface area contributed by atoms with E-state index < -0.39 is 0 Å². The lowest BCUT2D eigenvalue weighted by Gasteiger charge is -2.36. The number of primary amides is 1. The van der Waals surface area contributed by atoms with Gasteiger partial charge in [0, 0.05) is 17.5 Å².